The lowest BCUT2D eigenvalue weighted by molar-refractivity contribution is -0.228. The van der Waals surface area contributed by atoms with E-state index in [-0.39, 0.29) is 47.3 Å². The minimum atomic E-state index is -0.743. The molecule has 202 valence electrons. The molecule has 36 heavy (non-hydrogen) atoms. The third-order valence-electron chi connectivity index (χ3n) is 12.4. The number of ether oxygens (including phenoxy) is 2. The molecule has 0 aromatic heterocycles. The number of fused-ring (bicyclic) bond motifs is 6. The molecule has 1 heterocycles. The molecule has 0 radical (unpaired) electrons. The molecule has 10 atom stereocenters. The van der Waals surface area contributed by atoms with Gasteiger partial charge >= 0.3 is 11.9 Å². The number of hydrogen-bond donors (Lipinski definition) is 1. The van der Waals surface area contributed by atoms with E-state index in [2.05, 4.69) is 34.6 Å². The summed E-state index contributed by atoms with van der Waals surface area (Å²) < 4.78 is 12.1. The van der Waals surface area contributed by atoms with Crippen LogP contribution in [-0.2, 0) is 19.1 Å². The van der Waals surface area contributed by atoms with Gasteiger partial charge in [0.15, 0.2) is 0 Å². The van der Waals surface area contributed by atoms with Crippen LogP contribution in [0.25, 0.3) is 0 Å². The third-order valence-corrected chi connectivity index (χ3v) is 12.4. The molecular weight excluding hydrogens is 452 g/mol. The minimum absolute atomic E-state index is 0.0142. The number of carbonyl (C=O) groups is 2. The fourth-order valence-corrected chi connectivity index (χ4v) is 10.6. The molecule has 0 saturated heterocycles. The molecule has 0 bridgehead atoms. The van der Waals surface area contributed by atoms with Crippen LogP contribution in [0.1, 0.15) is 113 Å². The van der Waals surface area contributed by atoms with Gasteiger partial charge in [0.2, 0.25) is 0 Å². The van der Waals surface area contributed by atoms with E-state index in [9.17, 15) is 14.7 Å². The standard InChI is InChI=1S/C31H48O5/c1-8-28(4)13-9-14-29(5)21(28)12-15-30(6)22-11-10-20-19(3)35-27(34)26(20)31(22,7)24(17-23(29)30)36-25(33)16-18(2)32/h18-19,21-24,32H,8-17H2,1-7H3/t18?,19-,21+,22+,23-,24+,28+,29+,30+,31-/m1/s1. The second-order valence-electron chi connectivity index (χ2n) is 14.1. The van der Waals surface area contributed by atoms with Gasteiger partial charge in [-0.05, 0) is 98.4 Å². The normalized spacial score (nSPS) is 48.8. The molecule has 1 aliphatic heterocycles. The van der Waals surface area contributed by atoms with Gasteiger partial charge in [-0.3, -0.25) is 4.79 Å². The molecule has 5 rings (SSSR count). The summed E-state index contributed by atoms with van der Waals surface area (Å²) in [7, 11) is 0. The number of hydrogen-bond acceptors (Lipinski definition) is 5. The summed E-state index contributed by atoms with van der Waals surface area (Å²) >= 11 is 0. The van der Waals surface area contributed by atoms with Gasteiger partial charge in [-0.15, -0.1) is 0 Å². The van der Waals surface area contributed by atoms with Gasteiger partial charge in [0.05, 0.1) is 12.5 Å². The molecule has 0 spiro atoms. The molecule has 1 N–H and O–H groups in total. The Morgan fingerprint density at radius 1 is 1.08 bits per heavy atom. The first-order chi connectivity index (χ1) is 16.8. The fraction of sp³-hybridized carbons (Fsp3) is 0.871. The van der Waals surface area contributed by atoms with E-state index in [1.165, 1.54) is 38.5 Å². The largest absolute Gasteiger partial charge is 0.461 e. The zero-order valence-corrected chi connectivity index (χ0v) is 23.6. The van der Waals surface area contributed by atoms with E-state index in [1.807, 2.05) is 6.92 Å². The van der Waals surface area contributed by atoms with Crippen LogP contribution in [0.5, 0.6) is 0 Å². The van der Waals surface area contributed by atoms with Crippen LogP contribution in [0.4, 0.5) is 0 Å². The van der Waals surface area contributed by atoms with Crippen molar-refractivity contribution in [1.82, 2.24) is 0 Å². The van der Waals surface area contributed by atoms with E-state index < -0.39 is 11.5 Å². The highest BCUT2D eigenvalue weighted by molar-refractivity contribution is 5.94. The second-order valence-corrected chi connectivity index (χ2v) is 14.1. The number of aliphatic hydroxyl groups excluding tert-OH is 1. The summed E-state index contributed by atoms with van der Waals surface area (Å²) in [6.45, 7) is 15.7. The maximum atomic E-state index is 13.3. The number of aliphatic hydroxyl groups is 1. The van der Waals surface area contributed by atoms with Crippen LogP contribution in [0.2, 0.25) is 0 Å². The molecule has 4 aliphatic carbocycles. The van der Waals surface area contributed by atoms with Crippen molar-refractivity contribution < 1.29 is 24.2 Å². The summed E-state index contributed by atoms with van der Waals surface area (Å²) in [5.74, 6) is 0.811. The van der Waals surface area contributed by atoms with Crippen molar-refractivity contribution in [3.8, 4) is 0 Å². The predicted octanol–water partition coefficient (Wildman–Crippen LogP) is 6.37. The second kappa shape index (κ2) is 8.58. The predicted molar refractivity (Wildman–Crippen MR) is 139 cm³/mol. The van der Waals surface area contributed by atoms with Crippen LogP contribution in [0.15, 0.2) is 11.1 Å². The number of rotatable bonds is 4. The van der Waals surface area contributed by atoms with Crippen LogP contribution < -0.4 is 0 Å². The van der Waals surface area contributed by atoms with Gasteiger partial charge in [-0.1, -0.05) is 47.5 Å². The van der Waals surface area contributed by atoms with Gasteiger partial charge in [0.1, 0.15) is 12.2 Å². The van der Waals surface area contributed by atoms with Gasteiger partial charge in [-0.2, -0.15) is 0 Å². The summed E-state index contributed by atoms with van der Waals surface area (Å²) in [4.78, 5) is 26.3. The Hall–Kier alpha value is -1.36. The first-order valence-corrected chi connectivity index (χ1v) is 14.6. The summed E-state index contributed by atoms with van der Waals surface area (Å²) in [5.41, 5.74) is 2.01. The SMILES string of the molecule is CC[C@@]1(C)CCC[C@]2(C)[C@H]3C[C@H](OC(=O)CC(C)O)[C@]4(C)C5=C(CC[C@H]4[C@]3(C)CC[C@@H]12)[C@@H](C)OC5=O. The maximum absolute atomic E-state index is 13.3. The average Bonchev–Trinajstić information content (AvgIpc) is 3.08. The molecular formula is C31H48O5. The molecule has 1 unspecified atom stereocenters. The first kappa shape index (κ1) is 26.3. The smallest absolute Gasteiger partial charge is 0.335 e. The highest BCUT2D eigenvalue weighted by atomic mass is 16.6. The van der Waals surface area contributed by atoms with Crippen molar-refractivity contribution in [2.45, 2.75) is 131 Å². The van der Waals surface area contributed by atoms with E-state index in [0.29, 0.717) is 17.3 Å². The van der Waals surface area contributed by atoms with Gasteiger partial charge in [0.25, 0.3) is 0 Å². The lowest BCUT2D eigenvalue weighted by Crippen LogP contribution is -2.66. The van der Waals surface area contributed by atoms with Crippen molar-refractivity contribution in [2.24, 2.45) is 39.4 Å². The summed E-state index contributed by atoms with van der Waals surface area (Å²) in [6, 6.07) is 0. The van der Waals surface area contributed by atoms with Gasteiger partial charge in [0, 0.05) is 11.0 Å². The van der Waals surface area contributed by atoms with E-state index in [0.717, 1.165) is 30.4 Å². The monoisotopic (exact) mass is 500 g/mol. The lowest BCUT2D eigenvalue weighted by Gasteiger charge is -2.70. The Morgan fingerprint density at radius 3 is 2.44 bits per heavy atom. The molecule has 0 aromatic carbocycles. The van der Waals surface area contributed by atoms with Gasteiger partial charge in [-0.25, -0.2) is 4.79 Å². The first-order valence-electron chi connectivity index (χ1n) is 14.6. The highest BCUT2D eigenvalue weighted by Crippen LogP contribution is 2.74. The van der Waals surface area contributed by atoms with Crippen LogP contribution in [-0.4, -0.2) is 35.4 Å². The molecule has 3 fully saturated rings. The molecule has 0 amide bonds. The fourth-order valence-electron chi connectivity index (χ4n) is 10.6. The van der Waals surface area contributed by atoms with Gasteiger partial charge < -0.3 is 14.6 Å². The molecule has 0 aromatic rings. The zero-order valence-electron chi connectivity index (χ0n) is 23.6. The van der Waals surface area contributed by atoms with E-state index in [4.69, 9.17) is 9.47 Å². The van der Waals surface area contributed by atoms with Crippen molar-refractivity contribution >= 4 is 11.9 Å². The van der Waals surface area contributed by atoms with Crippen molar-refractivity contribution in [3.05, 3.63) is 11.1 Å². The van der Waals surface area contributed by atoms with Crippen molar-refractivity contribution in [2.75, 3.05) is 0 Å². The van der Waals surface area contributed by atoms with Crippen LogP contribution in [0.3, 0.4) is 0 Å². The number of carbonyl (C=O) groups excluding carboxylic acids is 2. The van der Waals surface area contributed by atoms with Crippen molar-refractivity contribution in [3.63, 3.8) is 0 Å². The third kappa shape index (κ3) is 3.50. The Morgan fingerprint density at radius 2 is 1.78 bits per heavy atom. The summed E-state index contributed by atoms with van der Waals surface area (Å²) in [5, 5.41) is 9.90. The Balaban J connectivity index is 1.61. The topological polar surface area (TPSA) is 72.8 Å². The Labute approximate surface area is 217 Å². The molecule has 5 aliphatic rings. The van der Waals surface area contributed by atoms with Crippen LogP contribution >= 0.6 is 0 Å². The molecule has 5 nitrogen and oxygen atoms in total. The zero-order chi connectivity index (χ0) is 26.3. The average molecular weight is 501 g/mol. The molecule has 5 heteroatoms. The quantitative estimate of drug-likeness (QED) is 0.454. The Kier molecular flexibility index (Phi) is 6.26. The minimum Gasteiger partial charge on any atom is -0.461 e. The lowest BCUT2D eigenvalue weighted by atomic mass is 9.35. The maximum Gasteiger partial charge on any atom is 0.335 e. The van der Waals surface area contributed by atoms with Crippen LogP contribution in [0, 0.1) is 39.4 Å². The van der Waals surface area contributed by atoms with E-state index in [1.54, 1.807) is 6.92 Å². The van der Waals surface area contributed by atoms with E-state index >= 15 is 0 Å². The Bertz CT molecular complexity index is 968. The highest BCUT2D eigenvalue weighted by Gasteiger charge is 2.70. The number of cyclic esters (lactones) is 1. The van der Waals surface area contributed by atoms with Crippen molar-refractivity contribution in [1.29, 1.82) is 0 Å². The molecule has 3 saturated carbocycles. The summed E-state index contributed by atoms with van der Waals surface area (Å²) in [6.07, 6.45) is 8.82. The number of esters is 2.